The maximum atomic E-state index is 12.3. The fourth-order valence-corrected chi connectivity index (χ4v) is 3.97. The Morgan fingerprint density at radius 2 is 2.21 bits per heavy atom. The molecule has 2 amide bonds. The van der Waals surface area contributed by atoms with Crippen LogP contribution >= 0.6 is 0 Å². The van der Waals surface area contributed by atoms with E-state index in [0.717, 1.165) is 0 Å². The van der Waals surface area contributed by atoms with Crippen LogP contribution in [0.25, 0.3) is 0 Å². The Morgan fingerprint density at radius 1 is 1.41 bits per heavy atom. The summed E-state index contributed by atoms with van der Waals surface area (Å²) in [4.78, 5) is 38.6. The molecule has 2 aliphatic rings. The summed E-state index contributed by atoms with van der Waals surface area (Å²) in [5, 5.41) is 18.3. The maximum absolute atomic E-state index is 12.3. The first kappa shape index (κ1) is 20.5. The first-order valence-corrected chi connectivity index (χ1v) is 9.47. The first-order valence-electron chi connectivity index (χ1n) is 9.47. The molecule has 2 heterocycles. The predicted octanol–water partition coefficient (Wildman–Crippen LogP) is 1.85. The van der Waals surface area contributed by atoms with Crippen LogP contribution in [0.5, 0.6) is 5.75 Å². The third-order valence-corrected chi connectivity index (χ3v) is 5.52. The molecule has 9 nitrogen and oxygen atoms in total. The number of hydrogen-bond acceptors (Lipinski definition) is 6. The lowest BCUT2D eigenvalue weighted by Gasteiger charge is -2.36. The summed E-state index contributed by atoms with van der Waals surface area (Å²) in [6, 6.07) is 7.02. The van der Waals surface area contributed by atoms with Gasteiger partial charge in [-0.05, 0) is 43.4 Å². The zero-order valence-corrected chi connectivity index (χ0v) is 16.2. The van der Waals surface area contributed by atoms with Crippen molar-refractivity contribution in [3.8, 4) is 11.8 Å². The highest BCUT2D eigenvalue weighted by molar-refractivity contribution is 5.98. The van der Waals surface area contributed by atoms with Gasteiger partial charge in [-0.1, -0.05) is 0 Å². The number of fused-ring (bicyclic) bond motifs is 1. The Bertz CT molecular complexity index is 849. The topological polar surface area (TPSA) is 120 Å². The van der Waals surface area contributed by atoms with Crippen molar-refractivity contribution in [1.29, 1.82) is 5.26 Å². The Labute approximate surface area is 168 Å². The van der Waals surface area contributed by atoms with Crippen LogP contribution in [0.15, 0.2) is 18.2 Å². The number of methoxy groups -OCH3 is 1. The van der Waals surface area contributed by atoms with Gasteiger partial charge in [0, 0.05) is 19.6 Å². The third-order valence-electron chi connectivity index (χ3n) is 5.52. The van der Waals surface area contributed by atoms with Crippen molar-refractivity contribution in [1.82, 2.24) is 4.90 Å². The predicted molar refractivity (Wildman–Crippen MR) is 101 cm³/mol. The Hall–Kier alpha value is -3.28. The number of ether oxygens (including phenoxy) is 2. The van der Waals surface area contributed by atoms with Gasteiger partial charge >= 0.3 is 12.1 Å². The molecule has 1 fully saturated rings. The second-order valence-electron chi connectivity index (χ2n) is 7.18. The van der Waals surface area contributed by atoms with Gasteiger partial charge in [-0.3, -0.25) is 9.59 Å². The van der Waals surface area contributed by atoms with Crippen molar-refractivity contribution in [2.45, 2.75) is 19.3 Å². The zero-order valence-electron chi connectivity index (χ0n) is 16.2. The fraction of sp³-hybridized carbons (Fsp3) is 0.500. The van der Waals surface area contributed by atoms with Crippen LogP contribution in [0, 0.1) is 23.2 Å². The van der Waals surface area contributed by atoms with Gasteiger partial charge in [-0.25, -0.2) is 4.79 Å². The normalized spacial score (nSPS) is 21.0. The van der Waals surface area contributed by atoms with E-state index in [-0.39, 0.29) is 25.0 Å². The van der Waals surface area contributed by atoms with Gasteiger partial charge in [0.25, 0.3) is 5.91 Å². The van der Waals surface area contributed by atoms with Gasteiger partial charge < -0.3 is 24.4 Å². The number of esters is 1. The Morgan fingerprint density at radius 3 is 2.90 bits per heavy atom. The second-order valence-corrected chi connectivity index (χ2v) is 7.18. The van der Waals surface area contributed by atoms with Crippen LogP contribution in [-0.2, 0) is 14.3 Å². The van der Waals surface area contributed by atoms with E-state index in [0.29, 0.717) is 49.4 Å². The minimum atomic E-state index is -1.04. The minimum Gasteiger partial charge on any atom is -0.482 e. The van der Waals surface area contributed by atoms with Crippen molar-refractivity contribution in [3.05, 3.63) is 23.8 Å². The van der Waals surface area contributed by atoms with E-state index >= 15 is 0 Å². The number of benzene rings is 1. The molecule has 1 N–H and O–H groups in total. The highest BCUT2D eigenvalue weighted by atomic mass is 16.5. The van der Waals surface area contributed by atoms with E-state index in [2.05, 4.69) is 6.07 Å². The standard InChI is InChI=1S/C20H23N3O6/c1-28-19(25)15-11-22(20(26)27)8-6-14(15)3-2-7-23-16-9-13(10-21)4-5-17(16)29-12-18(23)24/h4-5,9,14-15H,2-3,6-8,11-12H2,1H3,(H,26,27). The molecule has 0 aliphatic carbocycles. The van der Waals surface area contributed by atoms with E-state index < -0.39 is 18.0 Å². The van der Waals surface area contributed by atoms with Crippen LogP contribution in [0.2, 0.25) is 0 Å². The van der Waals surface area contributed by atoms with Gasteiger partial charge in [-0.15, -0.1) is 0 Å². The summed E-state index contributed by atoms with van der Waals surface area (Å²) in [7, 11) is 1.30. The molecule has 0 spiro atoms. The van der Waals surface area contributed by atoms with E-state index in [4.69, 9.17) is 14.7 Å². The van der Waals surface area contributed by atoms with Crippen LogP contribution in [0.4, 0.5) is 10.5 Å². The van der Waals surface area contributed by atoms with E-state index in [1.54, 1.807) is 23.1 Å². The molecule has 0 saturated carbocycles. The number of nitrogens with zero attached hydrogens (tertiary/aromatic N) is 3. The number of hydrogen-bond donors (Lipinski definition) is 1. The van der Waals surface area contributed by atoms with E-state index in [9.17, 15) is 19.5 Å². The minimum absolute atomic E-state index is 0.0147. The van der Waals surface area contributed by atoms with Crippen LogP contribution in [0.1, 0.15) is 24.8 Å². The molecule has 0 aromatic heterocycles. The summed E-state index contributed by atoms with van der Waals surface area (Å²) in [6.07, 6.45) is 0.817. The number of carbonyl (C=O) groups is 3. The molecule has 1 aromatic rings. The number of carboxylic acid groups (broad SMARTS) is 1. The van der Waals surface area contributed by atoms with Crippen molar-refractivity contribution >= 4 is 23.7 Å². The Balaban J connectivity index is 1.66. The third kappa shape index (κ3) is 4.42. The molecule has 0 radical (unpaired) electrons. The van der Waals surface area contributed by atoms with E-state index in [1.165, 1.54) is 12.0 Å². The smallest absolute Gasteiger partial charge is 0.407 e. The number of anilines is 1. The first-order chi connectivity index (χ1) is 13.9. The van der Waals surface area contributed by atoms with Crippen molar-refractivity contribution in [2.75, 3.05) is 38.3 Å². The van der Waals surface area contributed by atoms with Gasteiger partial charge in [0.2, 0.25) is 0 Å². The largest absolute Gasteiger partial charge is 0.482 e. The van der Waals surface area contributed by atoms with Crippen LogP contribution in [0.3, 0.4) is 0 Å². The number of carbonyl (C=O) groups excluding carboxylic acids is 2. The highest BCUT2D eigenvalue weighted by Crippen LogP contribution is 2.34. The highest BCUT2D eigenvalue weighted by Gasteiger charge is 2.36. The molecule has 3 rings (SSSR count). The van der Waals surface area contributed by atoms with Gasteiger partial charge in [0.05, 0.1) is 30.3 Å². The monoisotopic (exact) mass is 401 g/mol. The molecule has 0 bridgehead atoms. The van der Waals surface area contributed by atoms with Crippen molar-refractivity contribution in [2.24, 2.45) is 11.8 Å². The van der Waals surface area contributed by atoms with Crippen LogP contribution < -0.4 is 9.64 Å². The molecule has 2 aliphatic heterocycles. The molecule has 1 aromatic carbocycles. The number of nitriles is 1. The summed E-state index contributed by atoms with van der Waals surface area (Å²) in [5.74, 6) is -0.558. The number of amides is 2. The molecule has 29 heavy (non-hydrogen) atoms. The average molecular weight is 401 g/mol. The molecular weight excluding hydrogens is 378 g/mol. The maximum Gasteiger partial charge on any atom is 0.407 e. The summed E-state index contributed by atoms with van der Waals surface area (Å²) in [5.41, 5.74) is 1.02. The molecule has 9 heteroatoms. The molecule has 154 valence electrons. The van der Waals surface area contributed by atoms with E-state index in [1.807, 2.05) is 0 Å². The van der Waals surface area contributed by atoms with Gasteiger partial charge in [0.15, 0.2) is 6.61 Å². The molecular formula is C20H23N3O6. The van der Waals surface area contributed by atoms with Gasteiger partial charge in [-0.2, -0.15) is 5.26 Å². The number of likely N-dealkylation sites (tertiary alicyclic amines) is 1. The summed E-state index contributed by atoms with van der Waals surface area (Å²) < 4.78 is 10.3. The van der Waals surface area contributed by atoms with Crippen LogP contribution in [-0.4, -0.2) is 61.3 Å². The molecule has 2 unspecified atom stereocenters. The lowest BCUT2D eigenvalue weighted by atomic mass is 9.82. The lowest BCUT2D eigenvalue weighted by molar-refractivity contribution is -0.149. The number of piperidine rings is 1. The van der Waals surface area contributed by atoms with Gasteiger partial charge in [0.1, 0.15) is 5.75 Å². The fourth-order valence-electron chi connectivity index (χ4n) is 3.97. The quantitative estimate of drug-likeness (QED) is 0.748. The molecule has 1 saturated heterocycles. The zero-order chi connectivity index (χ0) is 21.0. The van der Waals surface area contributed by atoms with Crippen molar-refractivity contribution < 1.29 is 29.0 Å². The summed E-state index contributed by atoms with van der Waals surface area (Å²) >= 11 is 0. The lowest BCUT2D eigenvalue weighted by Crippen LogP contribution is -2.46. The second kappa shape index (κ2) is 8.82. The van der Waals surface area contributed by atoms with Crippen molar-refractivity contribution in [3.63, 3.8) is 0 Å². The molecule has 2 atom stereocenters. The number of rotatable bonds is 5. The Kier molecular flexibility index (Phi) is 6.22. The summed E-state index contributed by atoms with van der Waals surface area (Å²) in [6.45, 7) is 0.869. The SMILES string of the molecule is COC(=O)C1CN(C(=O)O)CCC1CCCN1C(=O)COc2ccc(C#N)cc21. The average Bonchev–Trinajstić information content (AvgIpc) is 2.74.